The summed E-state index contributed by atoms with van der Waals surface area (Å²) in [6.07, 6.45) is 2.59. The molecule has 0 aromatic carbocycles. The van der Waals surface area contributed by atoms with Gasteiger partial charge in [0.15, 0.2) is 11.5 Å². The fourth-order valence-corrected chi connectivity index (χ4v) is 2.41. The Morgan fingerprint density at radius 1 is 1.42 bits per heavy atom. The van der Waals surface area contributed by atoms with Gasteiger partial charge in [-0.1, -0.05) is 13.0 Å². The zero-order valence-electron chi connectivity index (χ0n) is 10.3. The normalized spacial score (nSPS) is 10.8. The number of aryl methyl sites for hydroxylation is 1. The maximum atomic E-state index is 12.0. The molecule has 0 saturated carbocycles. The second-order valence-electron chi connectivity index (χ2n) is 4.00. The first-order chi connectivity index (χ1) is 9.28. The average molecular weight is 272 g/mol. The summed E-state index contributed by atoms with van der Waals surface area (Å²) in [5, 5.41) is 9.07. The number of nitrogens with zero attached hydrogens (tertiary/aromatic N) is 3. The molecule has 5 nitrogen and oxygen atoms in total. The Bertz CT molecular complexity index is 717. The number of nitrogens with one attached hydrogen (secondary N) is 1. The SMILES string of the molecule is CCc1nc2c(NC(=O)c3cccs3)cccn2n1. The molecule has 3 heterocycles. The molecule has 0 atom stereocenters. The molecule has 3 rings (SSSR count). The minimum atomic E-state index is -0.121. The van der Waals surface area contributed by atoms with Crippen molar-refractivity contribution in [3.63, 3.8) is 0 Å². The largest absolute Gasteiger partial charge is 0.318 e. The van der Waals surface area contributed by atoms with Crippen molar-refractivity contribution in [1.29, 1.82) is 0 Å². The Labute approximate surface area is 113 Å². The van der Waals surface area contributed by atoms with Gasteiger partial charge in [0.05, 0.1) is 10.6 Å². The summed E-state index contributed by atoms with van der Waals surface area (Å²) in [4.78, 5) is 17.1. The fraction of sp³-hybridized carbons (Fsp3) is 0.154. The van der Waals surface area contributed by atoms with Crippen LogP contribution in [0.4, 0.5) is 5.69 Å². The molecule has 96 valence electrons. The number of carbonyl (C=O) groups is 1. The number of anilines is 1. The first kappa shape index (κ1) is 11.9. The molecule has 1 amide bonds. The first-order valence-electron chi connectivity index (χ1n) is 5.97. The molecule has 0 aliphatic carbocycles. The number of hydrogen-bond acceptors (Lipinski definition) is 4. The molecule has 3 aromatic heterocycles. The number of rotatable bonds is 3. The van der Waals surface area contributed by atoms with Crippen LogP contribution in [0.25, 0.3) is 5.65 Å². The van der Waals surface area contributed by atoms with Gasteiger partial charge in [-0.3, -0.25) is 4.79 Å². The van der Waals surface area contributed by atoms with Crippen LogP contribution in [-0.2, 0) is 6.42 Å². The van der Waals surface area contributed by atoms with E-state index in [4.69, 9.17) is 0 Å². The Balaban J connectivity index is 1.96. The number of hydrogen-bond donors (Lipinski definition) is 1. The number of thiophene rings is 1. The molecule has 0 aliphatic heterocycles. The maximum absolute atomic E-state index is 12.0. The van der Waals surface area contributed by atoms with Gasteiger partial charge in [-0.25, -0.2) is 9.50 Å². The highest BCUT2D eigenvalue weighted by molar-refractivity contribution is 7.12. The first-order valence-corrected chi connectivity index (χ1v) is 6.85. The molecule has 0 fully saturated rings. The lowest BCUT2D eigenvalue weighted by atomic mass is 10.3. The third kappa shape index (κ3) is 2.22. The van der Waals surface area contributed by atoms with Gasteiger partial charge < -0.3 is 5.32 Å². The zero-order chi connectivity index (χ0) is 13.2. The minimum Gasteiger partial charge on any atom is -0.318 e. The van der Waals surface area contributed by atoms with Crippen molar-refractivity contribution in [2.75, 3.05) is 5.32 Å². The van der Waals surface area contributed by atoms with Gasteiger partial charge in [-0.15, -0.1) is 11.3 Å². The van der Waals surface area contributed by atoms with Crippen molar-refractivity contribution in [2.24, 2.45) is 0 Å². The smallest absolute Gasteiger partial charge is 0.265 e. The lowest BCUT2D eigenvalue weighted by Gasteiger charge is -2.04. The third-order valence-electron chi connectivity index (χ3n) is 2.72. The van der Waals surface area contributed by atoms with E-state index in [-0.39, 0.29) is 5.91 Å². The molecule has 0 radical (unpaired) electrons. The molecule has 6 heteroatoms. The molecule has 0 aliphatic rings. The summed E-state index contributed by atoms with van der Waals surface area (Å²) < 4.78 is 1.68. The highest BCUT2D eigenvalue weighted by atomic mass is 32.1. The van der Waals surface area contributed by atoms with Crippen molar-refractivity contribution in [1.82, 2.24) is 14.6 Å². The summed E-state index contributed by atoms with van der Waals surface area (Å²) >= 11 is 1.41. The van der Waals surface area contributed by atoms with Gasteiger partial charge in [0.1, 0.15) is 0 Å². The van der Waals surface area contributed by atoms with Crippen molar-refractivity contribution in [3.8, 4) is 0 Å². The number of fused-ring (bicyclic) bond motifs is 1. The molecular formula is C13H12N4OS. The van der Waals surface area contributed by atoms with Crippen LogP contribution in [0.5, 0.6) is 0 Å². The van der Waals surface area contributed by atoms with E-state index in [2.05, 4.69) is 15.4 Å². The van der Waals surface area contributed by atoms with Crippen molar-refractivity contribution < 1.29 is 4.79 Å². The van der Waals surface area contributed by atoms with Crippen LogP contribution >= 0.6 is 11.3 Å². The maximum Gasteiger partial charge on any atom is 0.265 e. The lowest BCUT2D eigenvalue weighted by molar-refractivity contribution is 0.103. The Morgan fingerprint density at radius 2 is 2.32 bits per heavy atom. The van der Waals surface area contributed by atoms with Crippen LogP contribution < -0.4 is 5.32 Å². The van der Waals surface area contributed by atoms with Crippen LogP contribution in [0, 0.1) is 0 Å². The standard InChI is InChI=1S/C13H12N4OS/c1-2-11-15-12-9(5-3-7-17(12)16-11)14-13(18)10-6-4-8-19-10/h3-8H,2H2,1H3,(H,14,18). The highest BCUT2D eigenvalue weighted by Crippen LogP contribution is 2.17. The summed E-state index contributed by atoms with van der Waals surface area (Å²) in [6.45, 7) is 2.00. The van der Waals surface area contributed by atoms with Crippen LogP contribution in [-0.4, -0.2) is 20.5 Å². The van der Waals surface area contributed by atoms with E-state index >= 15 is 0 Å². The second kappa shape index (κ2) is 4.81. The summed E-state index contributed by atoms with van der Waals surface area (Å²) in [6, 6.07) is 7.31. The molecule has 0 saturated heterocycles. The predicted molar refractivity (Wildman–Crippen MR) is 74.6 cm³/mol. The van der Waals surface area contributed by atoms with Crippen LogP contribution in [0.15, 0.2) is 35.8 Å². The van der Waals surface area contributed by atoms with E-state index in [1.165, 1.54) is 11.3 Å². The quantitative estimate of drug-likeness (QED) is 0.797. The van der Waals surface area contributed by atoms with E-state index in [1.54, 1.807) is 10.6 Å². The van der Waals surface area contributed by atoms with Gasteiger partial charge >= 0.3 is 0 Å². The predicted octanol–water partition coefficient (Wildman–Crippen LogP) is 2.61. The van der Waals surface area contributed by atoms with E-state index in [0.717, 1.165) is 12.2 Å². The van der Waals surface area contributed by atoms with Gasteiger partial charge in [-0.2, -0.15) is 5.10 Å². The molecular weight excluding hydrogens is 260 g/mol. The van der Waals surface area contributed by atoms with Crippen LogP contribution in [0.2, 0.25) is 0 Å². The number of amides is 1. The summed E-state index contributed by atoms with van der Waals surface area (Å²) in [7, 11) is 0. The second-order valence-corrected chi connectivity index (χ2v) is 4.95. The van der Waals surface area contributed by atoms with Crippen LogP contribution in [0.1, 0.15) is 22.4 Å². The Morgan fingerprint density at radius 3 is 3.05 bits per heavy atom. The van der Waals surface area contributed by atoms with Crippen molar-refractivity contribution in [2.45, 2.75) is 13.3 Å². The third-order valence-corrected chi connectivity index (χ3v) is 3.58. The molecule has 0 spiro atoms. The van der Waals surface area contributed by atoms with E-state index in [9.17, 15) is 4.79 Å². The Kier molecular flexibility index (Phi) is 3.00. The average Bonchev–Trinajstić information content (AvgIpc) is 3.08. The van der Waals surface area contributed by atoms with Gasteiger partial charge in [0.25, 0.3) is 5.91 Å². The van der Waals surface area contributed by atoms with E-state index < -0.39 is 0 Å². The molecule has 3 aromatic rings. The lowest BCUT2D eigenvalue weighted by Crippen LogP contribution is -2.11. The van der Waals surface area contributed by atoms with Crippen LogP contribution in [0.3, 0.4) is 0 Å². The van der Waals surface area contributed by atoms with E-state index in [1.807, 2.05) is 36.7 Å². The number of aromatic nitrogens is 3. The van der Waals surface area contributed by atoms with Gasteiger partial charge in [0, 0.05) is 12.6 Å². The zero-order valence-corrected chi connectivity index (χ0v) is 11.1. The molecule has 1 N–H and O–H groups in total. The molecule has 0 unspecified atom stereocenters. The number of carbonyl (C=O) groups excluding carboxylic acids is 1. The Hall–Kier alpha value is -2.21. The monoisotopic (exact) mass is 272 g/mol. The van der Waals surface area contributed by atoms with Crippen molar-refractivity contribution >= 4 is 28.6 Å². The molecule has 0 bridgehead atoms. The minimum absolute atomic E-state index is 0.121. The van der Waals surface area contributed by atoms with E-state index in [0.29, 0.717) is 16.2 Å². The van der Waals surface area contributed by atoms with Gasteiger partial charge in [-0.05, 0) is 23.6 Å². The topological polar surface area (TPSA) is 59.3 Å². The summed E-state index contributed by atoms with van der Waals surface area (Å²) in [5.74, 6) is 0.641. The van der Waals surface area contributed by atoms with Crippen molar-refractivity contribution in [3.05, 3.63) is 46.5 Å². The number of pyridine rings is 1. The fourth-order valence-electron chi connectivity index (χ4n) is 1.79. The highest BCUT2D eigenvalue weighted by Gasteiger charge is 2.11. The summed E-state index contributed by atoms with van der Waals surface area (Å²) in [5.41, 5.74) is 1.34. The van der Waals surface area contributed by atoms with Gasteiger partial charge in [0.2, 0.25) is 0 Å². The molecule has 19 heavy (non-hydrogen) atoms.